The lowest BCUT2D eigenvalue weighted by Gasteiger charge is -2.14. The summed E-state index contributed by atoms with van der Waals surface area (Å²) in [6.07, 6.45) is 6.52. The number of nitrogens with zero attached hydrogens (tertiary/aromatic N) is 2. The summed E-state index contributed by atoms with van der Waals surface area (Å²) < 4.78 is 1.13. The third-order valence-electron chi connectivity index (χ3n) is 3.07. The van der Waals surface area contributed by atoms with E-state index in [1.807, 2.05) is 24.3 Å². The Balaban J connectivity index is 2.09. The lowest BCUT2D eigenvalue weighted by molar-refractivity contribution is 0.100. The Morgan fingerprint density at radius 1 is 1.25 bits per heavy atom. The Hall–Kier alpha value is -1.87. The molecule has 1 amide bonds. The second kappa shape index (κ2) is 7.06. The van der Waals surface area contributed by atoms with Crippen LogP contribution in [0.5, 0.6) is 0 Å². The van der Waals surface area contributed by atoms with E-state index in [2.05, 4.69) is 11.9 Å². The summed E-state index contributed by atoms with van der Waals surface area (Å²) in [6.45, 7) is 2.17. The van der Waals surface area contributed by atoms with Gasteiger partial charge in [0.05, 0.1) is 11.3 Å². The molecule has 0 aliphatic heterocycles. The fraction of sp³-hybridized carbons (Fsp3) is 0.250. The molecule has 0 saturated carbocycles. The first-order chi connectivity index (χ1) is 9.72. The number of benzene rings is 1. The zero-order valence-corrected chi connectivity index (χ0v) is 12.2. The molecule has 0 spiro atoms. The number of hydrogen-bond acceptors (Lipinski definition) is 2. The largest absolute Gasteiger partial charge is 0.274 e. The average molecular weight is 289 g/mol. The van der Waals surface area contributed by atoms with Crippen molar-refractivity contribution in [1.82, 2.24) is 4.98 Å². The molecule has 0 atom stereocenters. The number of pyridine rings is 1. The average Bonchev–Trinajstić information content (AvgIpc) is 2.53. The van der Waals surface area contributed by atoms with Gasteiger partial charge >= 0.3 is 0 Å². The Bertz CT molecular complexity index is 554. The fourth-order valence-corrected chi connectivity index (χ4v) is 2.10. The molecule has 3 nitrogen and oxygen atoms in total. The number of hydrogen-bond donors (Lipinski definition) is 0. The van der Waals surface area contributed by atoms with Gasteiger partial charge in [0.1, 0.15) is 0 Å². The number of amides is 1. The number of halogens is 1. The summed E-state index contributed by atoms with van der Waals surface area (Å²) in [5.41, 5.74) is 2.40. The predicted octanol–water partition coefficient (Wildman–Crippen LogP) is 4.22. The fourth-order valence-electron chi connectivity index (χ4n) is 1.89. The molecule has 4 heteroatoms. The third kappa shape index (κ3) is 3.58. The summed E-state index contributed by atoms with van der Waals surface area (Å²) in [5.74, 6) is -0.277. The number of aryl methyl sites for hydroxylation is 1. The second-order valence-electron chi connectivity index (χ2n) is 4.60. The van der Waals surface area contributed by atoms with E-state index >= 15 is 0 Å². The summed E-state index contributed by atoms with van der Waals surface area (Å²) in [5, 5.41) is 0. The van der Waals surface area contributed by atoms with Crippen LogP contribution >= 0.6 is 11.8 Å². The molecule has 104 valence electrons. The topological polar surface area (TPSA) is 33.2 Å². The lowest BCUT2D eigenvalue weighted by atomic mass is 10.1. The summed E-state index contributed by atoms with van der Waals surface area (Å²) in [4.78, 5) is 16.1. The van der Waals surface area contributed by atoms with E-state index in [1.54, 1.807) is 18.3 Å². The maximum atomic E-state index is 12.2. The highest BCUT2D eigenvalue weighted by atomic mass is 35.5. The van der Waals surface area contributed by atoms with E-state index in [1.165, 1.54) is 24.6 Å². The van der Waals surface area contributed by atoms with E-state index in [0.29, 0.717) is 11.3 Å². The molecule has 0 aliphatic carbocycles. The van der Waals surface area contributed by atoms with Crippen LogP contribution in [0.1, 0.15) is 35.7 Å². The quantitative estimate of drug-likeness (QED) is 0.772. The van der Waals surface area contributed by atoms with Gasteiger partial charge in [-0.3, -0.25) is 9.78 Å². The van der Waals surface area contributed by atoms with E-state index < -0.39 is 0 Å². The molecule has 1 heterocycles. The smallest absolute Gasteiger partial charge is 0.267 e. The van der Waals surface area contributed by atoms with Crippen LogP contribution in [0.2, 0.25) is 0 Å². The SMILES string of the molecule is CCCCc1ccc(N(Cl)C(=O)c2cccnc2)cc1. The van der Waals surface area contributed by atoms with Crippen molar-refractivity contribution in [3.8, 4) is 0 Å². The molecular formula is C16H17ClN2O. The molecule has 0 radical (unpaired) electrons. The number of anilines is 1. The zero-order chi connectivity index (χ0) is 14.4. The van der Waals surface area contributed by atoms with Crippen molar-refractivity contribution in [3.05, 3.63) is 59.9 Å². The zero-order valence-electron chi connectivity index (χ0n) is 11.4. The Morgan fingerprint density at radius 3 is 2.60 bits per heavy atom. The summed E-state index contributed by atoms with van der Waals surface area (Å²) >= 11 is 6.10. The molecule has 0 aliphatic rings. The van der Waals surface area contributed by atoms with E-state index in [4.69, 9.17) is 11.8 Å². The molecule has 0 N–H and O–H groups in total. The van der Waals surface area contributed by atoms with Crippen molar-refractivity contribution >= 4 is 23.4 Å². The highest BCUT2D eigenvalue weighted by Crippen LogP contribution is 2.20. The molecular weight excluding hydrogens is 272 g/mol. The molecule has 1 aromatic heterocycles. The molecule has 0 bridgehead atoms. The third-order valence-corrected chi connectivity index (χ3v) is 3.42. The standard InChI is InChI=1S/C16H17ClN2O/c1-2-3-5-13-7-9-15(10-8-13)19(17)16(20)14-6-4-11-18-12-14/h4,6-12H,2-3,5H2,1H3. The van der Waals surface area contributed by atoms with Crippen LogP contribution < -0.4 is 4.42 Å². The molecule has 2 rings (SSSR count). The Labute approximate surface area is 124 Å². The van der Waals surface area contributed by atoms with E-state index in [0.717, 1.165) is 10.8 Å². The molecule has 1 aromatic carbocycles. The van der Waals surface area contributed by atoms with Crippen molar-refractivity contribution in [2.45, 2.75) is 26.2 Å². The minimum absolute atomic E-state index is 0.277. The van der Waals surface area contributed by atoms with Crippen LogP contribution in [0.25, 0.3) is 0 Å². The Kier molecular flexibility index (Phi) is 5.13. The van der Waals surface area contributed by atoms with Crippen molar-refractivity contribution in [3.63, 3.8) is 0 Å². The van der Waals surface area contributed by atoms with Gasteiger partial charge in [0.15, 0.2) is 0 Å². The minimum atomic E-state index is -0.277. The highest BCUT2D eigenvalue weighted by molar-refractivity contribution is 6.39. The van der Waals surface area contributed by atoms with Gasteiger partial charge in [-0.05, 0) is 42.7 Å². The molecule has 0 saturated heterocycles. The van der Waals surface area contributed by atoms with Gasteiger partial charge in [-0.25, -0.2) is 4.42 Å². The Morgan fingerprint density at radius 2 is 2.00 bits per heavy atom. The number of aromatic nitrogens is 1. The van der Waals surface area contributed by atoms with Crippen LogP contribution in [0.3, 0.4) is 0 Å². The molecule has 0 unspecified atom stereocenters. The number of unbranched alkanes of at least 4 members (excludes halogenated alkanes) is 1. The predicted molar refractivity (Wildman–Crippen MR) is 82.0 cm³/mol. The van der Waals surface area contributed by atoms with Gasteiger partial charge in [0.2, 0.25) is 0 Å². The van der Waals surface area contributed by atoms with Crippen molar-refractivity contribution < 1.29 is 4.79 Å². The summed E-state index contributed by atoms with van der Waals surface area (Å²) in [7, 11) is 0. The van der Waals surface area contributed by atoms with Crippen LogP contribution in [-0.4, -0.2) is 10.9 Å². The van der Waals surface area contributed by atoms with Crippen LogP contribution in [0.15, 0.2) is 48.8 Å². The van der Waals surface area contributed by atoms with Gasteiger partial charge in [-0.15, -0.1) is 0 Å². The first-order valence-electron chi connectivity index (χ1n) is 6.71. The minimum Gasteiger partial charge on any atom is -0.267 e. The van der Waals surface area contributed by atoms with E-state index in [-0.39, 0.29) is 5.91 Å². The van der Waals surface area contributed by atoms with Gasteiger partial charge < -0.3 is 0 Å². The number of carbonyl (C=O) groups is 1. The van der Waals surface area contributed by atoms with Crippen molar-refractivity contribution in [2.24, 2.45) is 0 Å². The molecule has 20 heavy (non-hydrogen) atoms. The van der Waals surface area contributed by atoms with Crippen LogP contribution in [-0.2, 0) is 6.42 Å². The molecule has 2 aromatic rings. The normalized spacial score (nSPS) is 10.3. The lowest BCUT2D eigenvalue weighted by Crippen LogP contribution is -2.20. The van der Waals surface area contributed by atoms with Crippen LogP contribution in [0.4, 0.5) is 5.69 Å². The van der Waals surface area contributed by atoms with Gasteiger partial charge in [-0.2, -0.15) is 0 Å². The van der Waals surface area contributed by atoms with Crippen molar-refractivity contribution in [1.29, 1.82) is 0 Å². The van der Waals surface area contributed by atoms with Gasteiger partial charge in [0.25, 0.3) is 5.91 Å². The van der Waals surface area contributed by atoms with Gasteiger partial charge in [-0.1, -0.05) is 25.5 Å². The maximum absolute atomic E-state index is 12.2. The number of rotatable bonds is 5. The first-order valence-corrected chi connectivity index (χ1v) is 7.05. The van der Waals surface area contributed by atoms with E-state index in [9.17, 15) is 4.79 Å². The van der Waals surface area contributed by atoms with Gasteiger partial charge in [0, 0.05) is 24.2 Å². The second-order valence-corrected chi connectivity index (χ2v) is 4.94. The highest BCUT2D eigenvalue weighted by Gasteiger charge is 2.15. The molecule has 0 fully saturated rings. The maximum Gasteiger partial charge on any atom is 0.274 e. The monoisotopic (exact) mass is 288 g/mol. The van der Waals surface area contributed by atoms with Crippen LogP contribution in [0, 0.1) is 0 Å². The summed E-state index contributed by atoms with van der Waals surface area (Å²) in [6, 6.07) is 11.2. The number of carbonyl (C=O) groups excluding carboxylic acids is 1. The first kappa shape index (κ1) is 14.5. The van der Waals surface area contributed by atoms with Crippen molar-refractivity contribution in [2.75, 3.05) is 4.42 Å².